The molecular formula is C14H13N3O. The van der Waals surface area contributed by atoms with E-state index < -0.39 is 0 Å². The Kier molecular flexibility index (Phi) is 3.77. The average molecular weight is 239 g/mol. The van der Waals surface area contributed by atoms with E-state index in [2.05, 4.69) is 10.3 Å². The minimum absolute atomic E-state index is 0.415. The monoisotopic (exact) mass is 239 g/mol. The van der Waals surface area contributed by atoms with Crippen LogP contribution >= 0.6 is 0 Å². The largest absolute Gasteiger partial charge is 0.496 e. The zero-order valence-corrected chi connectivity index (χ0v) is 10.1. The van der Waals surface area contributed by atoms with Crippen molar-refractivity contribution >= 4 is 5.69 Å². The second-order valence-corrected chi connectivity index (χ2v) is 3.71. The van der Waals surface area contributed by atoms with E-state index in [-0.39, 0.29) is 0 Å². The van der Waals surface area contributed by atoms with Crippen molar-refractivity contribution in [2.75, 3.05) is 12.4 Å². The van der Waals surface area contributed by atoms with Crippen molar-refractivity contribution in [1.29, 1.82) is 5.26 Å². The van der Waals surface area contributed by atoms with Crippen molar-refractivity contribution < 1.29 is 4.74 Å². The second-order valence-electron chi connectivity index (χ2n) is 3.71. The lowest BCUT2D eigenvalue weighted by Crippen LogP contribution is -2.02. The lowest BCUT2D eigenvalue weighted by atomic mass is 10.2. The smallest absolute Gasteiger partial charge is 0.140 e. The van der Waals surface area contributed by atoms with Gasteiger partial charge in [-0.1, -0.05) is 18.2 Å². The first-order chi connectivity index (χ1) is 8.83. The predicted octanol–water partition coefficient (Wildman–Crippen LogP) is 2.57. The first-order valence-electron chi connectivity index (χ1n) is 5.55. The number of ether oxygens (including phenoxy) is 1. The number of hydrogen-bond donors (Lipinski definition) is 1. The summed E-state index contributed by atoms with van der Waals surface area (Å²) in [6, 6.07) is 13.3. The Morgan fingerprint density at radius 3 is 2.78 bits per heavy atom. The molecule has 1 N–H and O–H groups in total. The van der Waals surface area contributed by atoms with E-state index in [0.29, 0.717) is 12.2 Å². The highest BCUT2D eigenvalue weighted by atomic mass is 16.5. The standard InChI is InChI=1S/C14H13N3O/c1-18-14-5-3-2-4-11(14)9-16-13-7-6-12(8-15)17-10-13/h2-7,10,16H,9H2,1H3. The summed E-state index contributed by atoms with van der Waals surface area (Å²) in [6.07, 6.45) is 1.65. The summed E-state index contributed by atoms with van der Waals surface area (Å²) >= 11 is 0. The van der Waals surface area contributed by atoms with E-state index in [0.717, 1.165) is 17.0 Å². The minimum atomic E-state index is 0.415. The van der Waals surface area contributed by atoms with Crippen LogP contribution in [0.25, 0.3) is 0 Å². The Hall–Kier alpha value is -2.54. The number of nitriles is 1. The highest BCUT2D eigenvalue weighted by molar-refractivity contribution is 5.45. The number of benzene rings is 1. The Morgan fingerprint density at radius 1 is 1.28 bits per heavy atom. The predicted molar refractivity (Wildman–Crippen MR) is 69.3 cm³/mol. The van der Waals surface area contributed by atoms with E-state index in [1.54, 1.807) is 19.4 Å². The van der Waals surface area contributed by atoms with Crippen LogP contribution in [0.2, 0.25) is 0 Å². The molecule has 0 aliphatic carbocycles. The molecule has 0 radical (unpaired) electrons. The molecule has 0 aliphatic heterocycles. The summed E-state index contributed by atoms with van der Waals surface area (Å²) in [5.74, 6) is 0.853. The van der Waals surface area contributed by atoms with Crippen LogP contribution in [0.1, 0.15) is 11.3 Å². The Labute approximate surface area is 106 Å². The maximum Gasteiger partial charge on any atom is 0.140 e. The number of para-hydroxylation sites is 1. The van der Waals surface area contributed by atoms with Crippen molar-refractivity contribution in [3.05, 3.63) is 53.9 Å². The van der Waals surface area contributed by atoms with Gasteiger partial charge in [0.25, 0.3) is 0 Å². The topological polar surface area (TPSA) is 57.9 Å². The summed E-state index contributed by atoms with van der Waals surface area (Å²) in [7, 11) is 1.65. The molecule has 0 spiro atoms. The average Bonchev–Trinajstić information content (AvgIpc) is 2.46. The van der Waals surface area contributed by atoms with Crippen LogP contribution in [0.15, 0.2) is 42.6 Å². The van der Waals surface area contributed by atoms with Gasteiger partial charge in [0, 0.05) is 12.1 Å². The molecule has 0 bridgehead atoms. The van der Waals surface area contributed by atoms with Gasteiger partial charge in [-0.3, -0.25) is 0 Å². The number of nitrogens with one attached hydrogen (secondary N) is 1. The fraction of sp³-hybridized carbons (Fsp3) is 0.143. The third-order valence-electron chi connectivity index (χ3n) is 2.55. The summed E-state index contributed by atoms with van der Waals surface area (Å²) in [6.45, 7) is 0.650. The van der Waals surface area contributed by atoms with Crippen molar-refractivity contribution in [3.63, 3.8) is 0 Å². The van der Waals surface area contributed by atoms with Gasteiger partial charge in [-0.2, -0.15) is 5.26 Å². The Morgan fingerprint density at radius 2 is 2.11 bits per heavy atom. The van der Waals surface area contributed by atoms with Crippen LogP contribution in [-0.4, -0.2) is 12.1 Å². The molecule has 1 aromatic heterocycles. The number of pyridine rings is 1. The molecule has 2 aromatic rings. The summed E-state index contributed by atoms with van der Waals surface area (Å²) in [5.41, 5.74) is 2.36. The van der Waals surface area contributed by atoms with Crippen molar-refractivity contribution in [3.8, 4) is 11.8 Å². The van der Waals surface area contributed by atoms with Crippen LogP contribution in [0.3, 0.4) is 0 Å². The molecule has 18 heavy (non-hydrogen) atoms. The normalized spacial score (nSPS) is 9.56. The molecule has 1 aromatic carbocycles. The van der Waals surface area contributed by atoms with Gasteiger partial charge in [0.1, 0.15) is 17.5 Å². The van der Waals surface area contributed by atoms with E-state index in [4.69, 9.17) is 10.00 Å². The third-order valence-corrected chi connectivity index (χ3v) is 2.55. The summed E-state index contributed by atoms with van der Waals surface area (Å²) in [4.78, 5) is 4.00. The summed E-state index contributed by atoms with van der Waals surface area (Å²) < 4.78 is 5.27. The molecule has 90 valence electrons. The van der Waals surface area contributed by atoms with Crippen molar-refractivity contribution in [2.45, 2.75) is 6.54 Å². The van der Waals surface area contributed by atoms with Gasteiger partial charge in [-0.15, -0.1) is 0 Å². The van der Waals surface area contributed by atoms with Gasteiger partial charge >= 0.3 is 0 Å². The Bertz CT molecular complexity index is 558. The fourth-order valence-corrected chi connectivity index (χ4v) is 1.61. The molecule has 0 atom stereocenters. The van der Waals surface area contributed by atoms with Crippen LogP contribution in [-0.2, 0) is 6.54 Å². The van der Waals surface area contributed by atoms with E-state index in [9.17, 15) is 0 Å². The van der Waals surface area contributed by atoms with Crippen LogP contribution in [0.4, 0.5) is 5.69 Å². The fourth-order valence-electron chi connectivity index (χ4n) is 1.61. The first-order valence-corrected chi connectivity index (χ1v) is 5.55. The maximum atomic E-state index is 8.66. The first kappa shape index (κ1) is 11.9. The van der Waals surface area contributed by atoms with Crippen molar-refractivity contribution in [1.82, 2.24) is 4.98 Å². The van der Waals surface area contributed by atoms with Gasteiger partial charge in [-0.05, 0) is 18.2 Å². The number of methoxy groups -OCH3 is 1. The lowest BCUT2D eigenvalue weighted by molar-refractivity contribution is 0.410. The molecule has 2 rings (SSSR count). The minimum Gasteiger partial charge on any atom is -0.496 e. The zero-order chi connectivity index (χ0) is 12.8. The van der Waals surface area contributed by atoms with E-state index >= 15 is 0 Å². The molecule has 0 aliphatic rings. The molecule has 1 heterocycles. The van der Waals surface area contributed by atoms with Gasteiger partial charge in [0.2, 0.25) is 0 Å². The molecule has 0 fully saturated rings. The maximum absolute atomic E-state index is 8.66. The van der Waals surface area contributed by atoms with Gasteiger partial charge < -0.3 is 10.1 Å². The zero-order valence-electron chi connectivity index (χ0n) is 10.1. The third kappa shape index (κ3) is 2.77. The molecule has 0 unspecified atom stereocenters. The van der Waals surface area contributed by atoms with Gasteiger partial charge in [0.15, 0.2) is 0 Å². The Balaban J connectivity index is 2.04. The van der Waals surface area contributed by atoms with Crippen LogP contribution in [0.5, 0.6) is 5.75 Å². The lowest BCUT2D eigenvalue weighted by Gasteiger charge is -2.10. The number of hydrogen-bond acceptors (Lipinski definition) is 4. The van der Waals surface area contributed by atoms with Crippen molar-refractivity contribution in [2.24, 2.45) is 0 Å². The second kappa shape index (κ2) is 5.69. The SMILES string of the molecule is COc1ccccc1CNc1ccc(C#N)nc1. The van der Waals surface area contributed by atoms with E-state index in [1.807, 2.05) is 36.4 Å². The molecular weight excluding hydrogens is 226 g/mol. The number of anilines is 1. The molecule has 0 amide bonds. The molecule has 0 saturated carbocycles. The highest BCUT2D eigenvalue weighted by Crippen LogP contribution is 2.18. The van der Waals surface area contributed by atoms with Crippen LogP contribution < -0.4 is 10.1 Å². The molecule has 4 heteroatoms. The van der Waals surface area contributed by atoms with Crippen LogP contribution in [0, 0.1) is 11.3 Å². The number of rotatable bonds is 4. The van der Waals surface area contributed by atoms with Gasteiger partial charge in [-0.25, -0.2) is 4.98 Å². The number of nitrogens with zero attached hydrogens (tertiary/aromatic N) is 2. The molecule has 4 nitrogen and oxygen atoms in total. The molecule has 0 saturated heterocycles. The van der Waals surface area contributed by atoms with Gasteiger partial charge in [0.05, 0.1) is 19.0 Å². The summed E-state index contributed by atoms with van der Waals surface area (Å²) in [5, 5.41) is 11.9. The highest BCUT2D eigenvalue weighted by Gasteiger charge is 2.01. The van der Waals surface area contributed by atoms with E-state index in [1.165, 1.54) is 0 Å². The quantitative estimate of drug-likeness (QED) is 0.890. The number of aromatic nitrogens is 1.